The van der Waals surface area contributed by atoms with Crippen molar-refractivity contribution in [3.63, 3.8) is 0 Å². The predicted molar refractivity (Wildman–Crippen MR) is 112 cm³/mol. The highest BCUT2D eigenvalue weighted by Gasteiger charge is 2.35. The third-order valence-electron chi connectivity index (χ3n) is 4.80. The van der Waals surface area contributed by atoms with Gasteiger partial charge in [-0.3, -0.25) is 9.32 Å². The van der Waals surface area contributed by atoms with E-state index in [1.807, 2.05) is 24.3 Å². The Morgan fingerprint density at radius 1 is 1.10 bits per heavy atom. The van der Waals surface area contributed by atoms with Crippen LogP contribution in [0.5, 0.6) is 5.75 Å². The minimum absolute atomic E-state index is 0. The highest BCUT2D eigenvalue weighted by molar-refractivity contribution is 7.46. The normalized spacial score (nSPS) is 14.2. The van der Waals surface area contributed by atoms with Crippen LogP contribution in [0.15, 0.2) is 24.3 Å². The Kier molecular flexibility index (Phi) is 11.5. The van der Waals surface area contributed by atoms with Gasteiger partial charge in [-0.25, -0.2) is 4.57 Å². The molecule has 0 bridgehead atoms. The Morgan fingerprint density at radius 2 is 1.72 bits per heavy atom. The van der Waals surface area contributed by atoms with E-state index in [1.165, 1.54) is 32.1 Å². The van der Waals surface area contributed by atoms with Gasteiger partial charge in [0.05, 0.1) is 6.61 Å². The van der Waals surface area contributed by atoms with Gasteiger partial charge in [-0.05, 0) is 30.5 Å². The van der Waals surface area contributed by atoms with Crippen LogP contribution in [0.3, 0.4) is 0 Å². The molecule has 1 saturated heterocycles. The highest BCUT2D eigenvalue weighted by atomic mass is 31.2. The van der Waals surface area contributed by atoms with E-state index in [0.29, 0.717) is 12.8 Å². The van der Waals surface area contributed by atoms with Crippen LogP contribution in [-0.2, 0) is 20.3 Å². The Morgan fingerprint density at radius 3 is 2.34 bits per heavy atom. The maximum atomic E-state index is 12.1. The van der Waals surface area contributed by atoms with Crippen molar-refractivity contribution in [1.82, 2.24) is 11.1 Å². The molecule has 0 unspecified atom stereocenters. The van der Waals surface area contributed by atoms with Crippen LogP contribution in [0.4, 0.5) is 0 Å². The first-order chi connectivity index (χ1) is 13.4. The van der Waals surface area contributed by atoms with Crippen LogP contribution in [0, 0.1) is 0 Å². The topological polar surface area (TPSA) is 131 Å². The first-order valence-electron chi connectivity index (χ1n) is 10.1. The summed E-state index contributed by atoms with van der Waals surface area (Å²) in [6, 6.07) is 7.81. The fourth-order valence-corrected chi connectivity index (χ4v) is 3.66. The van der Waals surface area contributed by atoms with Gasteiger partial charge in [-0.2, -0.15) is 0 Å². The molecule has 2 rings (SSSR count). The van der Waals surface area contributed by atoms with Crippen LogP contribution in [0.2, 0.25) is 0 Å². The summed E-state index contributed by atoms with van der Waals surface area (Å²) < 4.78 is 21.1. The Labute approximate surface area is 173 Å². The predicted octanol–water partition coefficient (Wildman–Crippen LogP) is 3.84. The van der Waals surface area contributed by atoms with Gasteiger partial charge in [-0.1, -0.05) is 51.2 Å². The number of hydrogen-bond donors (Lipinski definition) is 3. The lowest BCUT2D eigenvalue weighted by molar-refractivity contribution is -0.140. The van der Waals surface area contributed by atoms with E-state index in [2.05, 4.69) is 11.4 Å². The summed E-state index contributed by atoms with van der Waals surface area (Å²) in [5.41, 5.74) is 1.06. The maximum absolute atomic E-state index is 12.1. The molecule has 1 heterocycles. The number of rotatable bonds is 13. The number of phosphoric acid groups is 1. The largest absolute Gasteiger partial charge is 0.494 e. The minimum atomic E-state index is -4.48. The molecule has 5 N–H and O–H groups in total. The van der Waals surface area contributed by atoms with Gasteiger partial charge in [0.25, 0.3) is 0 Å². The lowest BCUT2D eigenvalue weighted by atomic mass is 10.1. The number of unbranched alkanes of at least 4 members (excludes halogenated alkanes) is 5. The summed E-state index contributed by atoms with van der Waals surface area (Å²) in [4.78, 5) is 31.1. The van der Waals surface area contributed by atoms with Gasteiger partial charge in [0.1, 0.15) is 11.9 Å². The molecule has 0 aliphatic carbocycles. The van der Waals surface area contributed by atoms with Crippen LogP contribution in [-0.4, -0.2) is 46.4 Å². The van der Waals surface area contributed by atoms with Crippen molar-refractivity contribution in [3.05, 3.63) is 29.8 Å². The third-order valence-corrected chi connectivity index (χ3v) is 5.38. The Bertz CT molecular complexity index is 643. The molecule has 1 amide bonds. The standard InChI is InChI=1S/C20H32NO6P.H3N/c1-2-3-4-5-6-7-14-26-18-11-8-17(9-12-18)10-13-20(22)21-15-19(16-21)27-28(23,24)25;/h8-9,11-12,19H,2-7,10,13-16H2,1H3,(H2,23,24,25);1H3. The highest BCUT2D eigenvalue weighted by Crippen LogP contribution is 2.39. The van der Waals surface area contributed by atoms with Crippen molar-refractivity contribution in [2.75, 3.05) is 19.7 Å². The van der Waals surface area contributed by atoms with Crippen molar-refractivity contribution in [2.45, 2.75) is 64.4 Å². The number of aryl methyl sites for hydroxylation is 1. The summed E-state index contributed by atoms with van der Waals surface area (Å²) >= 11 is 0. The van der Waals surface area contributed by atoms with Crippen molar-refractivity contribution in [3.8, 4) is 5.75 Å². The zero-order valence-electron chi connectivity index (χ0n) is 17.3. The SMILES string of the molecule is CCCCCCCCOc1ccc(CCC(=O)N2CC(OP(=O)(O)O)C2)cc1.N. The van der Waals surface area contributed by atoms with Crippen LogP contribution in [0.1, 0.15) is 57.4 Å². The molecule has 0 atom stereocenters. The molecule has 0 saturated carbocycles. The lowest BCUT2D eigenvalue weighted by Crippen LogP contribution is -2.54. The van der Waals surface area contributed by atoms with Gasteiger partial charge >= 0.3 is 7.82 Å². The Hall–Kier alpha value is -1.44. The Balaban J connectivity index is 0.00000420. The van der Waals surface area contributed by atoms with Crippen LogP contribution < -0.4 is 10.9 Å². The maximum Gasteiger partial charge on any atom is 0.469 e. The second-order valence-electron chi connectivity index (χ2n) is 7.28. The number of carbonyl (C=O) groups excluding carboxylic acids is 1. The van der Waals surface area contributed by atoms with Crippen molar-refractivity contribution in [2.24, 2.45) is 0 Å². The minimum Gasteiger partial charge on any atom is -0.494 e. The molecular weight excluding hydrogens is 395 g/mol. The van der Waals surface area contributed by atoms with E-state index >= 15 is 0 Å². The smallest absolute Gasteiger partial charge is 0.469 e. The molecule has 0 aromatic heterocycles. The molecule has 29 heavy (non-hydrogen) atoms. The average Bonchev–Trinajstić information content (AvgIpc) is 2.62. The molecule has 1 aromatic carbocycles. The number of ether oxygens (including phenoxy) is 1. The zero-order chi connectivity index (χ0) is 20.4. The van der Waals surface area contributed by atoms with E-state index in [4.69, 9.17) is 14.5 Å². The van der Waals surface area contributed by atoms with Crippen molar-refractivity contribution >= 4 is 13.7 Å². The van der Waals surface area contributed by atoms with E-state index in [0.717, 1.165) is 24.3 Å². The number of phosphoric ester groups is 1. The third kappa shape index (κ3) is 10.2. The molecule has 1 aliphatic heterocycles. The number of carbonyl (C=O) groups is 1. The first-order valence-corrected chi connectivity index (χ1v) is 11.6. The quantitative estimate of drug-likeness (QED) is 0.320. The molecular formula is C20H35N2O6P. The number of likely N-dealkylation sites (tertiary alicyclic amines) is 1. The van der Waals surface area contributed by atoms with Gasteiger partial charge in [0, 0.05) is 19.5 Å². The zero-order valence-corrected chi connectivity index (χ0v) is 18.2. The molecule has 166 valence electrons. The van der Waals surface area contributed by atoms with E-state index < -0.39 is 13.9 Å². The van der Waals surface area contributed by atoms with Crippen molar-refractivity contribution < 1.29 is 28.4 Å². The fourth-order valence-electron chi connectivity index (χ4n) is 3.14. The molecule has 0 spiro atoms. The number of amides is 1. The van der Waals surface area contributed by atoms with E-state index in [1.54, 1.807) is 4.90 Å². The first kappa shape index (κ1) is 25.6. The van der Waals surface area contributed by atoms with Gasteiger partial charge in [0.2, 0.25) is 5.91 Å². The summed E-state index contributed by atoms with van der Waals surface area (Å²) in [5.74, 6) is 0.817. The second kappa shape index (κ2) is 13.0. The molecule has 0 radical (unpaired) electrons. The molecule has 8 nitrogen and oxygen atoms in total. The number of nitrogens with zero attached hydrogens (tertiary/aromatic N) is 1. The molecule has 1 aliphatic rings. The van der Waals surface area contributed by atoms with Gasteiger partial charge in [0.15, 0.2) is 0 Å². The second-order valence-corrected chi connectivity index (χ2v) is 8.47. The van der Waals surface area contributed by atoms with E-state index in [9.17, 15) is 9.36 Å². The molecule has 1 fully saturated rings. The van der Waals surface area contributed by atoms with Gasteiger partial charge in [-0.15, -0.1) is 0 Å². The number of benzene rings is 1. The van der Waals surface area contributed by atoms with E-state index in [-0.39, 0.29) is 25.1 Å². The monoisotopic (exact) mass is 430 g/mol. The summed E-state index contributed by atoms with van der Waals surface area (Å²) in [5, 5.41) is 0. The van der Waals surface area contributed by atoms with Crippen LogP contribution in [0.25, 0.3) is 0 Å². The van der Waals surface area contributed by atoms with Crippen LogP contribution >= 0.6 is 7.82 Å². The molecule has 1 aromatic rings. The average molecular weight is 430 g/mol. The van der Waals surface area contributed by atoms with Gasteiger partial charge < -0.3 is 25.6 Å². The summed E-state index contributed by atoms with van der Waals surface area (Å²) in [6.45, 7) is 3.41. The summed E-state index contributed by atoms with van der Waals surface area (Å²) in [6.07, 6.45) is 7.83. The number of hydrogen-bond acceptors (Lipinski definition) is 5. The summed E-state index contributed by atoms with van der Waals surface area (Å²) in [7, 11) is -4.48. The molecule has 9 heteroatoms. The lowest BCUT2D eigenvalue weighted by Gasteiger charge is -2.38. The fraction of sp³-hybridized carbons (Fsp3) is 0.650. The van der Waals surface area contributed by atoms with Crippen molar-refractivity contribution in [1.29, 1.82) is 0 Å².